The van der Waals surface area contributed by atoms with Crippen LogP contribution in [0.15, 0.2) is 36.4 Å². The van der Waals surface area contributed by atoms with Crippen LogP contribution >= 0.6 is 11.6 Å². The first-order chi connectivity index (χ1) is 11.7. The first-order valence-corrected chi connectivity index (χ1v) is 7.75. The fourth-order valence-electron chi connectivity index (χ4n) is 2.95. The summed E-state index contributed by atoms with van der Waals surface area (Å²) in [7, 11) is 0. The van der Waals surface area contributed by atoms with Crippen molar-refractivity contribution in [2.45, 2.75) is 25.0 Å². The van der Waals surface area contributed by atoms with E-state index in [0.29, 0.717) is 17.5 Å². The Bertz CT molecular complexity index is 870. The predicted octanol–water partition coefficient (Wildman–Crippen LogP) is 4.06. The van der Waals surface area contributed by atoms with Crippen molar-refractivity contribution in [2.75, 3.05) is 5.32 Å². The third kappa shape index (κ3) is 2.60. The number of nitro groups is 1. The monoisotopic (exact) mass is 364 g/mol. The van der Waals surface area contributed by atoms with Crippen molar-refractivity contribution < 1.29 is 18.8 Å². The first-order valence-electron chi connectivity index (χ1n) is 7.38. The van der Waals surface area contributed by atoms with Crippen LogP contribution in [0.4, 0.5) is 15.8 Å². The number of fused-ring (bicyclic) bond motifs is 1. The van der Waals surface area contributed by atoms with E-state index in [1.165, 1.54) is 36.4 Å². The molecule has 130 valence electrons. The van der Waals surface area contributed by atoms with E-state index in [2.05, 4.69) is 5.32 Å². The van der Waals surface area contributed by atoms with Crippen LogP contribution in [-0.2, 0) is 10.3 Å². The van der Waals surface area contributed by atoms with E-state index in [1.54, 1.807) is 13.8 Å². The number of hydrogen-bond donors (Lipinski definition) is 1. The quantitative estimate of drug-likeness (QED) is 0.504. The summed E-state index contributed by atoms with van der Waals surface area (Å²) < 4.78 is 19.2. The molecule has 8 heteroatoms. The van der Waals surface area contributed by atoms with Crippen LogP contribution in [0.3, 0.4) is 0 Å². The van der Waals surface area contributed by atoms with Gasteiger partial charge in [0.1, 0.15) is 22.2 Å². The van der Waals surface area contributed by atoms with Gasteiger partial charge in [-0.15, -0.1) is 0 Å². The molecule has 0 fully saturated rings. The van der Waals surface area contributed by atoms with Crippen LogP contribution in [0.1, 0.15) is 19.4 Å². The van der Waals surface area contributed by atoms with Crippen LogP contribution in [0.5, 0.6) is 5.75 Å². The topological polar surface area (TPSA) is 81.5 Å². The maximum atomic E-state index is 13.3. The highest BCUT2D eigenvalue weighted by Crippen LogP contribution is 2.48. The number of nitro benzene ring substituents is 1. The summed E-state index contributed by atoms with van der Waals surface area (Å²) in [6, 6.07) is 8.02. The summed E-state index contributed by atoms with van der Waals surface area (Å²) in [4.78, 5) is 22.5. The predicted molar refractivity (Wildman–Crippen MR) is 90.6 cm³/mol. The van der Waals surface area contributed by atoms with E-state index in [0.717, 1.165) is 0 Å². The Morgan fingerprint density at radius 2 is 1.92 bits per heavy atom. The summed E-state index contributed by atoms with van der Waals surface area (Å²) in [6.45, 7) is 3.34. The number of anilines is 1. The fourth-order valence-corrected chi connectivity index (χ4v) is 3.19. The van der Waals surface area contributed by atoms with E-state index in [1.807, 2.05) is 0 Å². The van der Waals surface area contributed by atoms with Crippen molar-refractivity contribution >= 4 is 29.3 Å². The van der Waals surface area contributed by atoms with Crippen LogP contribution in [0.2, 0.25) is 5.02 Å². The molecule has 1 unspecified atom stereocenters. The van der Waals surface area contributed by atoms with Gasteiger partial charge in [0.25, 0.3) is 5.69 Å². The lowest BCUT2D eigenvalue weighted by Crippen LogP contribution is -2.60. The number of halogens is 2. The largest absolute Gasteiger partial charge is 0.482 e. The maximum Gasteiger partial charge on any atom is 0.291 e. The van der Waals surface area contributed by atoms with Gasteiger partial charge >= 0.3 is 0 Å². The fraction of sp³-hybridized carbons (Fsp3) is 0.235. The van der Waals surface area contributed by atoms with Gasteiger partial charge in [0.2, 0.25) is 0 Å². The van der Waals surface area contributed by atoms with Gasteiger partial charge in [0, 0.05) is 0 Å². The number of aldehydes is 1. The number of hydrogen-bond acceptors (Lipinski definition) is 5. The molecule has 2 aromatic carbocycles. The zero-order valence-electron chi connectivity index (χ0n) is 13.4. The minimum atomic E-state index is -1.33. The average Bonchev–Trinajstić information content (AvgIpc) is 2.54. The van der Waals surface area contributed by atoms with Crippen LogP contribution < -0.4 is 10.1 Å². The average molecular weight is 365 g/mol. The van der Waals surface area contributed by atoms with E-state index >= 15 is 0 Å². The molecule has 1 aliphatic heterocycles. The molecule has 1 heterocycles. The van der Waals surface area contributed by atoms with E-state index in [9.17, 15) is 19.3 Å². The van der Waals surface area contributed by atoms with Gasteiger partial charge in [-0.25, -0.2) is 4.39 Å². The molecule has 0 saturated heterocycles. The normalized spacial score (nSPS) is 20.8. The smallest absolute Gasteiger partial charge is 0.291 e. The van der Waals surface area contributed by atoms with Gasteiger partial charge < -0.3 is 14.8 Å². The second-order valence-electron chi connectivity index (χ2n) is 6.23. The number of carbonyl (C=O) groups excluding carboxylic acids is 1. The number of ether oxygens (including phenoxy) is 1. The molecule has 0 aromatic heterocycles. The molecule has 2 aromatic rings. The molecular weight excluding hydrogens is 351 g/mol. The number of benzene rings is 2. The molecule has 25 heavy (non-hydrogen) atoms. The van der Waals surface area contributed by atoms with Gasteiger partial charge in [0.05, 0.1) is 16.7 Å². The molecule has 0 radical (unpaired) electrons. The summed E-state index contributed by atoms with van der Waals surface area (Å²) in [5, 5.41) is 14.0. The third-order valence-corrected chi connectivity index (χ3v) is 4.67. The van der Waals surface area contributed by atoms with E-state index in [-0.39, 0.29) is 16.5 Å². The Kier molecular flexibility index (Phi) is 3.91. The third-order valence-electron chi connectivity index (χ3n) is 4.37. The second-order valence-corrected chi connectivity index (χ2v) is 6.63. The molecule has 0 bridgehead atoms. The summed E-state index contributed by atoms with van der Waals surface area (Å²) in [6.07, 6.45) is 0.679. The van der Waals surface area contributed by atoms with Crippen LogP contribution in [0.25, 0.3) is 0 Å². The molecule has 0 saturated carbocycles. The minimum absolute atomic E-state index is 0.0848. The van der Waals surface area contributed by atoms with Crippen LogP contribution in [-0.4, -0.2) is 16.8 Å². The number of nitrogens with zero attached hydrogens (tertiary/aromatic N) is 1. The van der Waals surface area contributed by atoms with E-state index < -0.39 is 21.9 Å². The molecule has 0 aliphatic carbocycles. The summed E-state index contributed by atoms with van der Waals surface area (Å²) >= 11 is 5.96. The zero-order valence-corrected chi connectivity index (χ0v) is 14.1. The maximum absolute atomic E-state index is 13.3. The second kappa shape index (κ2) is 5.70. The molecule has 0 amide bonds. The lowest BCUT2D eigenvalue weighted by molar-refractivity contribution is -0.384. The number of rotatable bonds is 3. The SMILES string of the molecule is CC1(C)Oc2cc([N+](=O)[O-])c(Cl)cc2NC1(C=O)c1ccc(F)cc1. The molecule has 3 rings (SSSR count). The van der Waals surface area contributed by atoms with Gasteiger partial charge in [0.15, 0.2) is 11.8 Å². The molecule has 1 aliphatic rings. The molecule has 1 N–H and O–H groups in total. The van der Waals surface area contributed by atoms with Crippen molar-refractivity contribution in [3.8, 4) is 5.75 Å². The number of carbonyl (C=O) groups is 1. The Hall–Kier alpha value is -2.67. The van der Waals surface area contributed by atoms with E-state index in [4.69, 9.17) is 16.3 Å². The standard InChI is InChI=1S/C17H14ClFN2O4/c1-16(2)17(9-22,10-3-5-11(19)6-4-10)20-13-7-12(18)14(21(23)24)8-15(13)25-16/h3-9,20H,1-2H3. The Morgan fingerprint density at radius 1 is 1.28 bits per heavy atom. The molecule has 6 nitrogen and oxygen atoms in total. The Labute approximate surface area is 147 Å². The Balaban J connectivity index is 2.18. The summed E-state index contributed by atoms with van der Waals surface area (Å²) in [5.41, 5.74) is -1.90. The molecular formula is C17H14ClFN2O4. The van der Waals surface area contributed by atoms with Gasteiger partial charge in [-0.05, 0) is 37.6 Å². The number of nitrogens with one attached hydrogen (secondary N) is 1. The van der Waals surface area contributed by atoms with Gasteiger partial charge in [-0.2, -0.15) is 0 Å². The highest BCUT2D eigenvalue weighted by molar-refractivity contribution is 6.33. The molecule has 0 spiro atoms. The van der Waals surface area contributed by atoms with Crippen molar-refractivity contribution in [1.82, 2.24) is 0 Å². The minimum Gasteiger partial charge on any atom is -0.482 e. The van der Waals surface area contributed by atoms with Crippen molar-refractivity contribution in [3.63, 3.8) is 0 Å². The van der Waals surface area contributed by atoms with Gasteiger partial charge in [-0.1, -0.05) is 23.7 Å². The van der Waals surface area contributed by atoms with Crippen molar-refractivity contribution in [1.29, 1.82) is 0 Å². The highest BCUT2D eigenvalue weighted by atomic mass is 35.5. The lowest BCUT2D eigenvalue weighted by Gasteiger charge is -2.48. The Morgan fingerprint density at radius 3 is 2.48 bits per heavy atom. The van der Waals surface area contributed by atoms with Crippen molar-refractivity contribution in [3.05, 3.63) is 62.9 Å². The van der Waals surface area contributed by atoms with Crippen LogP contribution in [0, 0.1) is 15.9 Å². The highest BCUT2D eigenvalue weighted by Gasteiger charge is 2.52. The summed E-state index contributed by atoms with van der Waals surface area (Å²) in [5.74, 6) is -0.223. The molecule has 1 atom stereocenters. The lowest BCUT2D eigenvalue weighted by atomic mass is 9.76. The van der Waals surface area contributed by atoms with Gasteiger partial charge in [-0.3, -0.25) is 10.1 Å². The zero-order chi connectivity index (χ0) is 18.4. The van der Waals surface area contributed by atoms with Crippen molar-refractivity contribution in [2.24, 2.45) is 0 Å². The first kappa shape index (κ1) is 17.2.